The smallest absolute Gasteiger partial charge is 0.314 e. The molecule has 0 saturated carbocycles. The first kappa shape index (κ1) is 19.2. The van der Waals surface area contributed by atoms with Crippen LogP contribution in [-0.4, -0.2) is 30.6 Å². The molecule has 0 aliphatic carbocycles. The van der Waals surface area contributed by atoms with Crippen molar-refractivity contribution in [1.29, 1.82) is 0 Å². The fourth-order valence-corrected chi connectivity index (χ4v) is 2.57. The number of urea groups is 1. The molecule has 0 saturated heterocycles. The number of nitro benzene ring substituents is 1. The van der Waals surface area contributed by atoms with E-state index in [0.29, 0.717) is 31.2 Å². The summed E-state index contributed by atoms with van der Waals surface area (Å²) in [6, 6.07) is 16.4. The minimum atomic E-state index is -0.434. The molecule has 0 fully saturated rings. The summed E-state index contributed by atoms with van der Waals surface area (Å²) in [6.07, 6.45) is 0.853. The molecule has 2 aromatic rings. The van der Waals surface area contributed by atoms with E-state index in [4.69, 9.17) is 0 Å². The number of para-hydroxylation sites is 2. The molecule has 7 heteroatoms. The normalized spacial score (nSPS) is 11.4. The third-order valence-corrected chi connectivity index (χ3v) is 4.06. The summed E-state index contributed by atoms with van der Waals surface area (Å²) in [6.45, 7) is 3.48. The van der Waals surface area contributed by atoms with Gasteiger partial charge in [0.15, 0.2) is 0 Å². The van der Waals surface area contributed by atoms with Crippen LogP contribution in [0.3, 0.4) is 0 Å². The van der Waals surface area contributed by atoms with Gasteiger partial charge in [-0.05, 0) is 24.0 Å². The second-order valence-electron chi connectivity index (χ2n) is 5.98. The fraction of sp³-hybridized carbons (Fsp3) is 0.316. The Morgan fingerprint density at radius 2 is 1.65 bits per heavy atom. The molecule has 3 N–H and O–H groups in total. The van der Waals surface area contributed by atoms with Gasteiger partial charge >= 0.3 is 6.03 Å². The first-order valence-electron chi connectivity index (χ1n) is 8.62. The molecule has 0 radical (unpaired) electrons. The standard InChI is InChI=1S/C19H24N4O3/c1-15(16-7-3-2-4-8-16)11-12-21-19(24)22-14-13-20-17-9-5-6-10-18(17)23(25)26/h2-10,15,20H,11-14H2,1H3,(H2,21,22,24). The van der Waals surface area contributed by atoms with Gasteiger partial charge in [0.25, 0.3) is 5.69 Å². The molecule has 0 bridgehead atoms. The topological polar surface area (TPSA) is 96.3 Å². The average Bonchev–Trinajstić information content (AvgIpc) is 2.66. The summed E-state index contributed by atoms with van der Waals surface area (Å²) in [5.41, 5.74) is 1.71. The number of hydrogen-bond donors (Lipinski definition) is 3. The van der Waals surface area contributed by atoms with E-state index in [0.717, 1.165) is 6.42 Å². The highest BCUT2D eigenvalue weighted by Crippen LogP contribution is 2.22. The number of benzene rings is 2. The Morgan fingerprint density at radius 1 is 1.00 bits per heavy atom. The summed E-state index contributed by atoms with van der Waals surface area (Å²) in [5, 5.41) is 19.4. The zero-order valence-electron chi connectivity index (χ0n) is 14.8. The van der Waals surface area contributed by atoms with Crippen LogP contribution < -0.4 is 16.0 Å². The minimum absolute atomic E-state index is 0.0202. The van der Waals surface area contributed by atoms with Crippen LogP contribution in [-0.2, 0) is 0 Å². The van der Waals surface area contributed by atoms with Gasteiger partial charge in [0.05, 0.1) is 4.92 Å². The van der Waals surface area contributed by atoms with Gasteiger partial charge in [-0.25, -0.2) is 4.79 Å². The maximum absolute atomic E-state index is 11.8. The molecule has 1 atom stereocenters. The molecule has 7 nitrogen and oxygen atoms in total. The van der Waals surface area contributed by atoms with Gasteiger partial charge in [0.2, 0.25) is 0 Å². The van der Waals surface area contributed by atoms with Crippen molar-refractivity contribution in [3.63, 3.8) is 0 Å². The van der Waals surface area contributed by atoms with Gasteiger partial charge < -0.3 is 16.0 Å². The Hall–Kier alpha value is -3.09. The number of amides is 2. The van der Waals surface area contributed by atoms with E-state index < -0.39 is 4.92 Å². The van der Waals surface area contributed by atoms with Gasteiger partial charge in [-0.3, -0.25) is 10.1 Å². The van der Waals surface area contributed by atoms with Crippen LogP contribution in [0.25, 0.3) is 0 Å². The van der Waals surface area contributed by atoms with E-state index in [-0.39, 0.29) is 11.7 Å². The van der Waals surface area contributed by atoms with Crippen molar-refractivity contribution in [3.05, 3.63) is 70.3 Å². The summed E-state index contributed by atoms with van der Waals surface area (Å²) in [5.74, 6) is 0.372. The lowest BCUT2D eigenvalue weighted by Gasteiger charge is -2.13. The monoisotopic (exact) mass is 356 g/mol. The number of nitro groups is 1. The van der Waals surface area contributed by atoms with E-state index in [1.54, 1.807) is 18.2 Å². The molecule has 2 aromatic carbocycles. The van der Waals surface area contributed by atoms with Gasteiger partial charge in [0.1, 0.15) is 5.69 Å². The number of hydrogen-bond acceptors (Lipinski definition) is 4. The number of anilines is 1. The van der Waals surface area contributed by atoms with E-state index in [1.807, 2.05) is 18.2 Å². The van der Waals surface area contributed by atoms with Crippen LogP contribution in [0.4, 0.5) is 16.2 Å². The third kappa shape index (κ3) is 6.08. The molecule has 2 amide bonds. The molecular formula is C19H24N4O3. The Balaban J connectivity index is 1.63. The van der Waals surface area contributed by atoms with Crippen LogP contribution in [0.2, 0.25) is 0 Å². The maximum Gasteiger partial charge on any atom is 0.314 e. The Kier molecular flexibility index (Phi) is 7.42. The highest BCUT2D eigenvalue weighted by atomic mass is 16.6. The number of carbonyl (C=O) groups excluding carboxylic acids is 1. The van der Waals surface area contributed by atoms with E-state index in [9.17, 15) is 14.9 Å². The van der Waals surface area contributed by atoms with Gasteiger partial charge in [-0.15, -0.1) is 0 Å². The molecule has 138 valence electrons. The van der Waals surface area contributed by atoms with Gasteiger partial charge in [0, 0.05) is 25.7 Å². The van der Waals surface area contributed by atoms with Crippen LogP contribution >= 0.6 is 0 Å². The van der Waals surface area contributed by atoms with Crippen LogP contribution in [0.1, 0.15) is 24.8 Å². The van der Waals surface area contributed by atoms with Crippen molar-refractivity contribution < 1.29 is 9.72 Å². The maximum atomic E-state index is 11.8. The van der Waals surface area contributed by atoms with Crippen LogP contribution in [0.15, 0.2) is 54.6 Å². The number of carbonyl (C=O) groups is 1. The predicted molar refractivity (Wildman–Crippen MR) is 102 cm³/mol. The lowest BCUT2D eigenvalue weighted by atomic mass is 9.98. The number of nitrogens with one attached hydrogen (secondary N) is 3. The fourth-order valence-electron chi connectivity index (χ4n) is 2.57. The lowest BCUT2D eigenvalue weighted by Crippen LogP contribution is -2.38. The highest BCUT2D eigenvalue weighted by Gasteiger charge is 2.11. The van der Waals surface area contributed by atoms with Crippen molar-refractivity contribution in [2.45, 2.75) is 19.3 Å². The molecule has 26 heavy (non-hydrogen) atoms. The van der Waals surface area contributed by atoms with E-state index in [1.165, 1.54) is 11.6 Å². The zero-order chi connectivity index (χ0) is 18.8. The van der Waals surface area contributed by atoms with Crippen molar-refractivity contribution in [3.8, 4) is 0 Å². The molecule has 0 aliphatic rings. The molecule has 2 rings (SSSR count). The first-order chi connectivity index (χ1) is 12.6. The first-order valence-corrected chi connectivity index (χ1v) is 8.62. The van der Waals surface area contributed by atoms with Crippen molar-refractivity contribution in [2.24, 2.45) is 0 Å². The summed E-state index contributed by atoms with van der Waals surface area (Å²) < 4.78 is 0. The average molecular weight is 356 g/mol. The summed E-state index contributed by atoms with van der Waals surface area (Å²) >= 11 is 0. The van der Waals surface area contributed by atoms with Gasteiger partial charge in [-0.1, -0.05) is 49.4 Å². The Bertz CT molecular complexity index is 722. The largest absolute Gasteiger partial charge is 0.378 e. The second kappa shape index (κ2) is 10.0. The van der Waals surface area contributed by atoms with Crippen molar-refractivity contribution in [1.82, 2.24) is 10.6 Å². The summed E-state index contributed by atoms with van der Waals surface area (Å²) in [7, 11) is 0. The van der Waals surface area contributed by atoms with E-state index in [2.05, 4.69) is 35.0 Å². The lowest BCUT2D eigenvalue weighted by molar-refractivity contribution is -0.384. The highest BCUT2D eigenvalue weighted by molar-refractivity contribution is 5.73. The predicted octanol–water partition coefficient (Wildman–Crippen LogP) is 3.50. The third-order valence-electron chi connectivity index (χ3n) is 4.06. The quantitative estimate of drug-likeness (QED) is 0.364. The number of nitrogens with zero attached hydrogens (tertiary/aromatic N) is 1. The minimum Gasteiger partial charge on any atom is -0.378 e. The molecular weight excluding hydrogens is 332 g/mol. The molecule has 0 heterocycles. The Labute approximate surface area is 153 Å². The SMILES string of the molecule is CC(CCNC(=O)NCCNc1ccccc1[N+](=O)[O-])c1ccccc1. The Morgan fingerprint density at radius 3 is 2.38 bits per heavy atom. The summed E-state index contributed by atoms with van der Waals surface area (Å²) in [4.78, 5) is 22.3. The van der Waals surface area contributed by atoms with Gasteiger partial charge in [-0.2, -0.15) is 0 Å². The molecule has 0 spiro atoms. The van der Waals surface area contributed by atoms with Crippen molar-refractivity contribution in [2.75, 3.05) is 25.0 Å². The molecule has 0 aromatic heterocycles. The van der Waals surface area contributed by atoms with Crippen LogP contribution in [0.5, 0.6) is 0 Å². The van der Waals surface area contributed by atoms with E-state index >= 15 is 0 Å². The molecule has 1 unspecified atom stereocenters. The van der Waals surface area contributed by atoms with Crippen LogP contribution in [0, 0.1) is 10.1 Å². The second-order valence-corrected chi connectivity index (χ2v) is 5.98. The molecule has 0 aliphatic heterocycles. The zero-order valence-corrected chi connectivity index (χ0v) is 14.8. The number of rotatable bonds is 9. The van der Waals surface area contributed by atoms with Crippen molar-refractivity contribution >= 4 is 17.4 Å².